The number of carbonyl (C=O) groups excluding carboxylic acids is 1. The molecule has 0 saturated heterocycles. The molecule has 0 atom stereocenters. The van der Waals surface area contributed by atoms with E-state index in [1.54, 1.807) is 6.07 Å². The zero-order chi connectivity index (χ0) is 26.4. The smallest absolute Gasteiger partial charge is 0.266 e. The number of aryl methyl sites for hydroxylation is 2. The van der Waals surface area contributed by atoms with Crippen molar-refractivity contribution in [2.24, 2.45) is 0 Å². The summed E-state index contributed by atoms with van der Waals surface area (Å²) in [4.78, 5) is 14.2. The average molecular weight is 624 g/mol. The van der Waals surface area contributed by atoms with Crippen molar-refractivity contribution in [3.63, 3.8) is 0 Å². The Morgan fingerprint density at radius 3 is 2.73 bits per heavy atom. The van der Waals surface area contributed by atoms with Gasteiger partial charge in [-0.3, -0.25) is 4.79 Å². The molecule has 0 unspecified atom stereocenters. The molecule has 2 aromatic carbocycles. The highest BCUT2D eigenvalue weighted by molar-refractivity contribution is 14.1. The number of ether oxygens (including phenoxy) is 2. The van der Waals surface area contributed by atoms with Crippen molar-refractivity contribution in [2.45, 2.75) is 46.1 Å². The fourth-order valence-electron chi connectivity index (χ4n) is 4.29. The van der Waals surface area contributed by atoms with Crippen LogP contribution in [0.2, 0.25) is 0 Å². The number of rotatable bonds is 8. The number of fused-ring (bicyclic) bond motifs is 1. The van der Waals surface area contributed by atoms with E-state index in [0.29, 0.717) is 40.8 Å². The van der Waals surface area contributed by atoms with Gasteiger partial charge in [0.2, 0.25) is 0 Å². The number of nitrogens with one attached hydrogen (secondary N) is 1. The van der Waals surface area contributed by atoms with E-state index in [-0.39, 0.29) is 5.57 Å². The number of nitriles is 2. The van der Waals surface area contributed by atoms with Crippen LogP contribution in [0, 0.1) is 33.2 Å². The van der Waals surface area contributed by atoms with Gasteiger partial charge in [0.15, 0.2) is 11.5 Å². The summed E-state index contributed by atoms with van der Waals surface area (Å²) in [5.74, 6) is 0.626. The van der Waals surface area contributed by atoms with Crippen LogP contribution < -0.4 is 14.8 Å². The van der Waals surface area contributed by atoms with Gasteiger partial charge < -0.3 is 14.8 Å². The Bertz CT molecular complexity index is 1450. The van der Waals surface area contributed by atoms with Crippen LogP contribution in [0.15, 0.2) is 42.0 Å². The lowest BCUT2D eigenvalue weighted by atomic mass is 9.96. The average Bonchev–Trinajstić information content (AvgIpc) is 3.23. The summed E-state index contributed by atoms with van der Waals surface area (Å²) >= 11 is 3.61. The molecule has 3 aromatic rings. The molecule has 1 aliphatic rings. The molecule has 4 rings (SSSR count). The normalized spacial score (nSPS) is 12.7. The first-order chi connectivity index (χ1) is 17.9. The van der Waals surface area contributed by atoms with Crippen molar-refractivity contribution in [3.05, 3.63) is 78.2 Å². The van der Waals surface area contributed by atoms with E-state index >= 15 is 0 Å². The Morgan fingerprint density at radius 2 is 2.00 bits per heavy atom. The second-order valence-corrected chi connectivity index (χ2v) is 11.0. The second kappa shape index (κ2) is 12.3. The maximum atomic E-state index is 13.0. The number of nitrogens with zero attached hydrogens (tertiary/aromatic N) is 2. The van der Waals surface area contributed by atoms with E-state index in [1.807, 2.05) is 44.2 Å². The molecule has 0 aliphatic heterocycles. The fraction of sp³-hybridized carbons (Fsp3) is 0.276. The quantitative estimate of drug-likeness (QED) is 0.167. The van der Waals surface area contributed by atoms with E-state index in [1.165, 1.54) is 17.4 Å². The van der Waals surface area contributed by atoms with Crippen LogP contribution in [0.4, 0.5) is 5.00 Å². The molecule has 6 nitrogen and oxygen atoms in total. The molecular weight excluding hydrogens is 597 g/mol. The summed E-state index contributed by atoms with van der Waals surface area (Å²) in [7, 11) is 0. The van der Waals surface area contributed by atoms with Crippen LogP contribution in [-0.4, -0.2) is 12.5 Å². The summed E-state index contributed by atoms with van der Waals surface area (Å²) in [6.07, 6.45) is 5.43. The van der Waals surface area contributed by atoms with Gasteiger partial charge in [-0.25, -0.2) is 0 Å². The van der Waals surface area contributed by atoms with Gasteiger partial charge in [-0.05, 0) is 97.0 Å². The van der Waals surface area contributed by atoms with Crippen molar-refractivity contribution in [3.8, 4) is 23.6 Å². The number of thiophene rings is 1. The highest BCUT2D eigenvalue weighted by Gasteiger charge is 2.23. The number of hydrogen-bond acceptors (Lipinski definition) is 6. The molecule has 0 fully saturated rings. The Kier molecular flexibility index (Phi) is 8.86. The molecule has 1 aromatic heterocycles. The lowest BCUT2D eigenvalue weighted by Gasteiger charge is -2.15. The maximum Gasteiger partial charge on any atom is 0.266 e. The van der Waals surface area contributed by atoms with Crippen LogP contribution in [0.25, 0.3) is 6.08 Å². The van der Waals surface area contributed by atoms with E-state index in [2.05, 4.69) is 40.0 Å². The summed E-state index contributed by atoms with van der Waals surface area (Å²) < 4.78 is 12.8. The van der Waals surface area contributed by atoms with Crippen molar-refractivity contribution < 1.29 is 14.3 Å². The molecule has 1 heterocycles. The SMILES string of the molecule is CCOc1cc(/C=C(\C#N)C(=O)Nc2sc3c(c2C#N)CCCC3)cc(I)c1OCc1cccc(C)c1. The highest BCUT2D eigenvalue weighted by atomic mass is 127. The number of benzene rings is 2. The molecule has 0 saturated carbocycles. The minimum absolute atomic E-state index is 0.0538. The van der Waals surface area contributed by atoms with E-state index in [4.69, 9.17) is 9.47 Å². The van der Waals surface area contributed by atoms with E-state index in [9.17, 15) is 15.3 Å². The highest BCUT2D eigenvalue weighted by Crippen LogP contribution is 2.38. The standard InChI is InChI=1S/C29H26IN3O3S/c1-3-35-25-14-20(13-24(30)27(25)36-17-19-8-6-7-18(2)11-19)12-21(15-31)28(34)33-29-23(16-32)22-9-4-5-10-26(22)37-29/h6-8,11-14H,3-5,9-10,17H2,1-2H3,(H,33,34)/b21-12+. The number of carbonyl (C=O) groups is 1. The van der Waals surface area contributed by atoms with Gasteiger partial charge in [0, 0.05) is 4.88 Å². The molecule has 37 heavy (non-hydrogen) atoms. The van der Waals surface area contributed by atoms with Gasteiger partial charge in [-0.15, -0.1) is 11.3 Å². The van der Waals surface area contributed by atoms with Crippen molar-refractivity contribution in [1.82, 2.24) is 0 Å². The molecule has 0 bridgehead atoms. The monoisotopic (exact) mass is 623 g/mol. The van der Waals surface area contributed by atoms with Crippen LogP contribution in [-0.2, 0) is 24.2 Å². The summed E-state index contributed by atoms with van der Waals surface area (Å²) in [5, 5.41) is 22.8. The van der Waals surface area contributed by atoms with Crippen LogP contribution in [0.3, 0.4) is 0 Å². The van der Waals surface area contributed by atoms with Gasteiger partial charge in [0.25, 0.3) is 5.91 Å². The summed E-state index contributed by atoms with van der Waals surface area (Å²) in [5.41, 5.74) is 4.36. The Hall–Kier alpha value is -3.34. The van der Waals surface area contributed by atoms with Crippen molar-refractivity contribution in [2.75, 3.05) is 11.9 Å². The molecule has 8 heteroatoms. The van der Waals surface area contributed by atoms with Gasteiger partial charge in [-0.1, -0.05) is 29.8 Å². The predicted molar refractivity (Wildman–Crippen MR) is 154 cm³/mol. The van der Waals surface area contributed by atoms with E-state index < -0.39 is 5.91 Å². The molecule has 0 radical (unpaired) electrons. The first-order valence-electron chi connectivity index (χ1n) is 12.1. The molecule has 1 amide bonds. The Morgan fingerprint density at radius 1 is 1.19 bits per heavy atom. The third-order valence-corrected chi connectivity index (χ3v) is 7.99. The van der Waals surface area contributed by atoms with E-state index in [0.717, 1.165) is 50.8 Å². The van der Waals surface area contributed by atoms with Crippen LogP contribution in [0.5, 0.6) is 11.5 Å². The number of hydrogen-bond donors (Lipinski definition) is 1. The molecule has 1 aliphatic carbocycles. The van der Waals surface area contributed by atoms with Gasteiger partial charge in [0.1, 0.15) is 29.3 Å². The largest absolute Gasteiger partial charge is 0.490 e. The topological polar surface area (TPSA) is 95.1 Å². The molecular formula is C29H26IN3O3S. The number of anilines is 1. The third kappa shape index (κ3) is 6.33. The molecule has 188 valence electrons. The summed E-state index contributed by atoms with van der Waals surface area (Å²) in [6.45, 7) is 4.76. The lowest BCUT2D eigenvalue weighted by molar-refractivity contribution is -0.112. The fourth-order valence-corrected chi connectivity index (χ4v) is 6.31. The zero-order valence-electron chi connectivity index (χ0n) is 20.7. The van der Waals surface area contributed by atoms with Crippen LogP contribution >= 0.6 is 33.9 Å². The van der Waals surface area contributed by atoms with Crippen molar-refractivity contribution >= 4 is 50.9 Å². The maximum absolute atomic E-state index is 13.0. The van der Waals surface area contributed by atoms with Crippen LogP contribution in [0.1, 0.15) is 52.5 Å². The molecule has 1 N–H and O–H groups in total. The lowest BCUT2D eigenvalue weighted by Crippen LogP contribution is -2.13. The third-order valence-electron chi connectivity index (χ3n) is 5.98. The number of halogens is 1. The van der Waals surface area contributed by atoms with Gasteiger partial charge in [-0.2, -0.15) is 10.5 Å². The number of amides is 1. The minimum atomic E-state index is -0.537. The summed E-state index contributed by atoms with van der Waals surface area (Å²) in [6, 6.07) is 16.0. The van der Waals surface area contributed by atoms with Gasteiger partial charge >= 0.3 is 0 Å². The van der Waals surface area contributed by atoms with Gasteiger partial charge in [0.05, 0.1) is 15.7 Å². The zero-order valence-corrected chi connectivity index (χ0v) is 23.7. The predicted octanol–water partition coefficient (Wildman–Crippen LogP) is 6.93. The molecule has 0 spiro atoms. The van der Waals surface area contributed by atoms with Crippen molar-refractivity contribution in [1.29, 1.82) is 10.5 Å². The minimum Gasteiger partial charge on any atom is -0.490 e. The first-order valence-corrected chi connectivity index (χ1v) is 14.0. The Labute approximate surface area is 234 Å². The second-order valence-electron chi connectivity index (χ2n) is 8.69. The first kappa shape index (κ1) is 26.7. The Balaban J connectivity index is 1.58.